The minimum atomic E-state index is -1.08. The number of hydrogen-bond acceptors (Lipinski definition) is 5. The maximum Gasteiger partial charge on any atom is 0.326 e. The molecule has 1 amide bonds. The summed E-state index contributed by atoms with van der Waals surface area (Å²) in [4.78, 5) is 30.6. The average molecular weight is 518 g/mol. The number of thiazole rings is 1. The molecule has 0 bridgehead atoms. The molecule has 1 heterocycles. The van der Waals surface area contributed by atoms with Gasteiger partial charge < -0.3 is 15.3 Å². The highest BCUT2D eigenvalue weighted by Crippen LogP contribution is 2.34. The average Bonchev–Trinajstić information content (AvgIpc) is 3.36. The third-order valence-electron chi connectivity index (χ3n) is 5.99. The number of nitrogens with one attached hydrogen (secondary N) is 1. The number of rotatable bonds is 9. The number of carboxylic acids is 1. The predicted molar refractivity (Wildman–Crippen MR) is 145 cm³/mol. The number of hydrogen-bond donors (Lipinski definition) is 2. The number of carbonyl (C=O) groups is 2. The quantitative estimate of drug-likeness (QED) is 0.267. The molecule has 2 N–H and O–H groups in total. The molecule has 0 aliphatic heterocycles. The summed E-state index contributed by atoms with van der Waals surface area (Å²) in [7, 11) is 0. The molecule has 37 heavy (non-hydrogen) atoms. The Morgan fingerprint density at radius 1 is 1.03 bits per heavy atom. The molecule has 4 aromatic rings. The highest BCUT2D eigenvalue weighted by Gasteiger charge is 2.24. The van der Waals surface area contributed by atoms with E-state index in [1.54, 1.807) is 56.3 Å². The Morgan fingerprint density at radius 2 is 1.70 bits per heavy atom. The van der Waals surface area contributed by atoms with E-state index in [4.69, 9.17) is 4.98 Å². The molecule has 0 aliphatic carbocycles. The number of halogens is 1. The van der Waals surface area contributed by atoms with E-state index in [9.17, 15) is 19.1 Å². The van der Waals surface area contributed by atoms with Gasteiger partial charge in [0.15, 0.2) is 5.13 Å². The third-order valence-corrected chi connectivity index (χ3v) is 6.85. The lowest BCUT2D eigenvalue weighted by atomic mass is 10.0. The van der Waals surface area contributed by atoms with E-state index in [1.807, 2.05) is 41.5 Å². The summed E-state index contributed by atoms with van der Waals surface area (Å²) in [6, 6.07) is 20.5. The van der Waals surface area contributed by atoms with Crippen LogP contribution in [0, 0.1) is 18.7 Å². The van der Waals surface area contributed by atoms with E-state index in [2.05, 4.69) is 5.32 Å². The molecule has 4 rings (SSSR count). The summed E-state index contributed by atoms with van der Waals surface area (Å²) in [6.45, 7) is 5.83. The fourth-order valence-electron chi connectivity index (χ4n) is 3.85. The summed E-state index contributed by atoms with van der Waals surface area (Å²) < 4.78 is 14.9. The molecule has 190 valence electrons. The zero-order valence-electron chi connectivity index (χ0n) is 20.8. The second-order valence-corrected chi connectivity index (χ2v) is 9.99. The topological polar surface area (TPSA) is 82.5 Å². The van der Waals surface area contributed by atoms with Crippen LogP contribution in [-0.2, 0) is 11.3 Å². The Morgan fingerprint density at radius 3 is 2.32 bits per heavy atom. The number of para-hydroxylation sites is 1. The van der Waals surface area contributed by atoms with Gasteiger partial charge in [0, 0.05) is 16.5 Å². The molecule has 0 aliphatic rings. The molecular formula is C29H28FN3O3S. The molecule has 3 aromatic carbocycles. The highest BCUT2D eigenvalue weighted by atomic mass is 32.1. The molecule has 0 radical (unpaired) electrons. The van der Waals surface area contributed by atoms with Crippen molar-refractivity contribution in [1.82, 2.24) is 10.3 Å². The number of aliphatic carboxylic acids is 1. The maximum absolute atomic E-state index is 14.9. The van der Waals surface area contributed by atoms with Crippen molar-refractivity contribution in [1.29, 1.82) is 0 Å². The van der Waals surface area contributed by atoms with Crippen LogP contribution >= 0.6 is 11.3 Å². The van der Waals surface area contributed by atoms with E-state index < -0.39 is 17.9 Å². The van der Waals surface area contributed by atoms with Crippen molar-refractivity contribution in [3.63, 3.8) is 0 Å². The van der Waals surface area contributed by atoms with E-state index in [0.717, 1.165) is 22.4 Å². The molecule has 6 nitrogen and oxygen atoms in total. The zero-order valence-corrected chi connectivity index (χ0v) is 21.6. The van der Waals surface area contributed by atoms with Gasteiger partial charge >= 0.3 is 5.97 Å². The second kappa shape index (κ2) is 11.3. The second-order valence-electron chi connectivity index (χ2n) is 9.15. The van der Waals surface area contributed by atoms with Gasteiger partial charge in [0.25, 0.3) is 5.91 Å². The summed E-state index contributed by atoms with van der Waals surface area (Å²) in [5.74, 6) is -2.15. The monoisotopic (exact) mass is 517 g/mol. The van der Waals surface area contributed by atoms with Crippen molar-refractivity contribution in [2.75, 3.05) is 4.90 Å². The molecule has 0 fully saturated rings. The van der Waals surface area contributed by atoms with Gasteiger partial charge in [-0.2, -0.15) is 0 Å². The van der Waals surface area contributed by atoms with Crippen LogP contribution < -0.4 is 10.2 Å². The van der Waals surface area contributed by atoms with E-state index in [0.29, 0.717) is 22.9 Å². The van der Waals surface area contributed by atoms with Crippen molar-refractivity contribution in [2.45, 2.75) is 33.4 Å². The van der Waals surface area contributed by atoms with Crippen LogP contribution in [-0.4, -0.2) is 28.0 Å². The molecule has 8 heteroatoms. The number of nitrogens with zero attached hydrogens (tertiary/aromatic N) is 2. The Balaban J connectivity index is 1.59. The van der Waals surface area contributed by atoms with Crippen molar-refractivity contribution in [2.24, 2.45) is 5.92 Å². The maximum atomic E-state index is 14.9. The number of carboxylic acid groups (broad SMARTS) is 1. The van der Waals surface area contributed by atoms with Crippen LogP contribution in [0.15, 0.2) is 78.2 Å². The SMILES string of the molecule is Cc1ccc(-c2csc(N(Cc3ccc(C(=O)NC(C(=O)O)C(C)C)cc3)c3ccccc3F)n2)cc1. The Kier molecular flexibility index (Phi) is 7.98. The molecular weight excluding hydrogens is 489 g/mol. The van der Waals surface area contributed by atoms with E-state index >= 15 is 0 Å². The van der Waals surface area contributed by atoms with Gasteiger partial charge in [-0.1, -0.05) is 67.9 Å². The van der Waals surface area contributed by atoms with Crippen LogP contribution in [0.25, 0.3) is 11.3 Å². The first-order chi connectivity index (χ1) is 17.7. The van der Waals surface area contributed by atoms with Crippen LogP contribution in [0.5, 0.6) is 0 Å². The van der Waals surface area contributed by atoms with Gasteiger partial charge in [0.1, 0.15) is 11.9 Å². The van der Waals surface area contributed by atoms with Crippen LogP contribution in [0.2, 0.25) is 0 Å². The number of anilines is 2. The fraction of sp³-hybridized carbons (Fsp3) is 0.207. The van der Waals surface area contributed by atoms with Crippen LogP contribution in [0.4, 0.5) is 15.2 Å². The number of carbonyl (C=O) groups excluding carboxylic acids is 1. The van der Waals surface area contributed by atoms with Gasteiger partial charge in [-0.15, -0.1) is 11.3 Å². The van der Waals surface area contributed by atoms with Gasteiger partial charge in [-0.3, -0.25) is 4.79 Å². The van der Waals surface area contributed by atoms with Gasteiger partial charge in [0.2, 0.25) is 0 Å². The molecule has 1 unspecified atom stereocenters. The molecule has 1 atom stereocenters. The molecule has 1 aromatic heterocycles. The largest absolute Gasteiger partial charge is 0.480 e. The number of benzene rings is 3. The Hall–Kier alpha value is -4.04. The Bertz CT molecular complexity index is 1380. The van der Waals surface area contributed by atoms with E-state index in [1.165, 1.54) is 17.4 Å². The lowest BCUT2D eigenvalue weighted by Gasteiger charge is -2.23. The first kappa shape index (κ1) is 26.0. The molecule has 0 spiro atoms. The van der Waals surface area contributed by atoms with Gasteiger partial charge in [0.05, 0.1) is 17.9 Å². The normalized spacial score (nSPS) is 11.8. The van der Waals surface area contributed by atoms with Crippen LogP contribution in [0.1, 0.15) is 35.3 Å². The third kappa shape index (κ3) is 6.21. The fourth-order valence-corrected chi connectivity index (χ4v) is 4.70. The summed E-state index contributed by atoms with van der Waals surface area (Å²) >= 11 is 1.43. The first-order valence-electron chi connectivity index (χ1n) is 11.9. The van der Waals surface area contributed by atoms with Gasteiger partial charge in [-0.05, 0) is 42.7 Å². The number of amides is 1. The van der Waals surface area contributed by atoms with E-state index in [-0.39, 0.29) is 11.7 Å². The lowest BCUT2D eigenvalue weighted by Crippen LogP contribution is -2.44. The smallest absolute Gasteiger partial charge is 0.326 e. The standard InChI is InChI=1S/C29H28FN3O3S/c1-18(2)26(28(35)36)32-27(34)22-14-10-20(11-15-22)16-33(25-7-5-4-6-23(25)30)29-31-24(17-37-29)21-12-8-19(3)9-13-21/h4-15,17-18,26H,16H2,1-3H3,(H,32,34)(H,35,36). The van der Waals surface area contributed by atoms with Gasteiger partial charge in [-0.25, -0.2) is 14.2 Å². The zero-order chi connectivity index (χ0) is 26.5. The molecule has 0 saturated carbocycles. The van der Waals surface area contributed by atoms with Crippen LogP contribution in [0.3, 0.4) is 0 Å². The lowest BCUT2D eigenvalue weighted by molar-refractivity contribution is -0.140. The first-order valence-corrected chi connectivity index (χ1v) is 12.8. The van der Waals surface area contributed by atoms with Crippen molar-refractivity contribution in [3.05, 3.63) is 101 Å². The Labute approximate surface area is 219 Å². The summed E-state index contributed by atoms with van der Waals surface area (Å²) in [5.41, 5.74) is 4.54. The highest BCUT2D eigenvalue weighted by molar-refractivity contribution is 7.14. The summed E-state index contributed by atoms with van der Waals surface area (Å²) in [6.07, 6.45) is 0. The number of aryl methyl sites for hydroxylation is 1. The van der Waals surface area contributed by atoms with Crippen molar-refractivity contribution in [3.8, 4) is 11.3 Å². The van der Waals surface area contributed by atoms with Crippen molar-refractivity contribution >= 4 is 34.0 Å². The van der Waals surface area contributed by atoms with Crippen molar-refractivity contribution < 1.29 is 19.1 Å². The summed E-state index contributed by atoms with van der Waals surface area (Å²) in [5, 5.41) is 14.5. The predicted octanol–water partition coefficient (Wildman–Crippen LogP) is 6.43. The minimum absolute atomic E-state index is 0.252. The minimum Gasteiger partial charge on any atom is -0.480 e. The molecule has 0 saturated heterocycles. The number of aromatic nitrogens is 1.